The van der Waals surface area contributed by atoms with Crippen LogP contribution >= 0.6 is 0 Å². The molecule has 1 aliphatic heterocycles. The van der Waals surface area contributed by atoms with Gasteiger partial charge in [0.1, 0.15) is 11.7 Å². The van der Waals surface area contributed by atoms with Gasteiger partial charge in [-0.3, -0.25) is 9.59 Å². The van der Waals surface area contributed by atoms with E-state index in [0.29, 0.717) is 0 Å². The van der Waals surface area contributed by atoms with E-state index in [1.54, 1.807) is 0 Å². The van der Waals surface area contributed by atoms with Crippen LogP contribution < -0.4 is 0 Å². The average molecular weight is 352 g/mol. The van der Waals surface area contributed by atoms with E-state index in [0.717, 1.165) is 11.1 Å². The zero-order valence-corrected chi connectivity index (χ0v) is 15.3. The summed E-state index contributed by atoms with van der Waals surface area (Å²) < 4.78 is 11.3. The van der Waals surface area contributed by atoms with Crippen molar-refractivity contribution in [2.45, 2.75) is 44.8 Å². The molecule has 3 atom stereocenters. The van der Waals surface area contributed by atoms with Crippen LogP contribution in [0.1, 0.15) is 50.3 Å². The maximum atomic E-state index is 12.9. The highest BCUT2D eigenvalue weighted by molar-refractivity contribution is 5.83. The smallest absolute Gasteiger partial charge is 0.310 e. The molecule has 1 fully saturated rings. The molecule has 0 saturated carbocycles. The van der Waals surface area contributed by atoms with Crippen LogP contribution in [-0.4, -0.2) is 17.5 Å². The van der Waals surface area contributed by atoms with E-state index in [1.807, 2.05) is 81.4 Å². The van der Waals surface area contributed by atoms with Gasteiger partial charge >= 0.3 is 11.9 Å². The molecule has 0 N–H and O–H groups in total. The van der Waals surface area contributed by atoms with Crippen molar-refractivity contribution >= 4 is 11.9 Å². The summed E-state index contributed by atoms with van der Waals surface area (Å²) in [6.45, 7) is 5.49. The first-order chi connectivity index (χ1) is 12.3. The molecule has 2 aromatic rings. The second-order valence-corrected chi connectivity index (χ2v) is 7.60. The summed E-state index contributed by atoms with van der Waals surface area (Å²) in [5.41, 5.74) is 1.23. The number of ether oxygens (including phenoxy) is 2. The van der Waals surface area contributed by atoms with Crippen LogP contribution in [0.2, 0.25) is 0 Å². The molecule has 4 nitrogen and oxygen atoms in total. The van der Waals surface area contributed by atoms with Gasteiger partial charge in [-0.25, -0.2) is 0 Å². The monoisotopic (exact) mass is 352 g/mol. The van der Waals surface area contributed by atoms with Gasteiger partial charge in [-0.15, -0.1) is 0 Å². The van der Waals surface area contributed by atoms with E-state index < -0.39 is 17.6 Å². The highest BCUT2D eigenvalue weighted by atomic mass is 16.6. The standard InChI is InChI=1S/C22H24O4/c1-22(2,3)26-21(24)17-14-18(23)25-20(16-12-8-5-9-13-16)19(17)15-10-6-4-7-11-15/h4-13,17,19-20H,14H2,1-3H3/t17?,19-,20-/m1/s1. The number of carbonyl (C=O) groups is 2. The van der Waals surface area contributed by atoms with E-state index in [4.69, 9.17) is 9.47 Å². The van der Waals surface area contributed by atoms with E-state index >= 15 is 0 Å². The van der Waals surface area contributed by atoms with Gasteiger partial charge in [-0.05, 0) is 31.9 Å². The molecule has 1 saturated heterocycles. The number of esters is 2. The fraction of sp³-hybridized carbons (Fsp3) is 0.364. The van der Waals surface area contributed by atoms with Gasteiger partial charge in [0.2, 0.25) is 0 Å². The predicted octanol–water partition coefficient (Wildman–Crippen LogP) is 4.42. The highest BCUT2D eigenvalue weighted by Crippen LogP contribution is 2.45. The molecule has 0 aromatic heterocycles. The van der Waals surface area contributed by atoms with E-state index in [1.165, 1.54) is 0 Å². The van der Waals surface area contributed by atoms with Gasteiger partial charge in [-0.1, -0.05) is 60.7 Å². The molecule has 0 radical (unpaired) electrons. The van der Waals surface area contributed by atoms with Gasteiger partial charge in [0, 0.05) is 5.92 Å². The second-order valence-electron chi connectivity index (χ2n) is 7.60. The molecule has 26 heavy (non-hydrogen) atoms. The van der Waals surface area contributed by atoms with Crippen LogP contribution in [0.25, 0.3) is 0 Å². The molecule has 0 spiro atoms. The summed E-state index contributed by atoms with van der Waals surface area (Å²) in [7, 11) is 0. The maximum Gasteiger partial charge on any atom is 0.310 e. The van der Waals surface area contributed by atoms with Gasteiger partial charge in [0.05, 0.1) is 12.3 Å². The third kappa shape index (κ3) is 4.13. The van der Waals surface area contributed by atoms with Crippen LogP contribution in [0.3, 0.4) is 0 Å². The SMILES string of the molecule is CC(C)(C)OC(=O)C1CC(=O)O[C@H](c2ccccc2)[C@@H]1c1ccccc1. The molecule has 2 aromatic carbocycles. The number of benzene rings is 2. The number of hydrogen-bond donors (Lipinski definition) is 0. The first kappa shape index (κ1) is 18.2. The minimum Gasteiger partial charge on any atom is -0.460 e. The lowest BCUT2D eigenvalue weighted by atomic mass is 9.76. The third-order valence-electron chi connectivity index (χ3n) is 4.43. The van der Waals surface area contributed by atoms with E-state index in [9.17, 15) is 9.59 Å². The van der Waals surface area contributed by atoms with Crippen molar-refractivity contribution in [1.29, 1.82) is 0 Å². The highest BCUT2D eigenvalue weighted by Gasteiger charge is 2.45. The van der Waals surface area contributed by atoms with Crippen molar-refractivity contribution < 1.29 is 19.1 Å². The van der Waals surface area contributed by atoms with Crippen molar-refractivity contribution in [3.05, 3.63) is 71.8 Å². The summed E-state index contributed by atoms with van der Waals surface area (Å²) in [6, 6.07) is 19.3. The summed E-state index contributed by atoms with van der Waals surface area (Å²) in [5.74, 6) is -1.60. The van der Waals surface area contributed by atoms with E-state index in [-0.39, 0.29) is 24.3 Å². The molecule has 3 rings (SSSR count). The first-order valence-corrected chi connectivity index (χ1v) is 8.87. The van der Waals surface area contributed by atoms with Crippen molar-refractivity contribution in [2.75, 3.05) is 0 Å². The fourth-order valence-electron chi connectivity index (χ4n) is 3.39. The Labute approximate surface area is 154 Å². The van der Waals surface area contributed by atoms with Crippen molar-refractivity contribution in [3.63, 3.8) is 0 Å². The molecule has 4 heteroatoms. The maximum absolute atomic E-state index is 12.9. The summed E-state index contributed by atoms with van der Waals surface area (Å²) in [4.78, 5) is 25.2. The number of cyclic esters (lactones) is 1. The Morgan fingerprint density at radius 2 is 1.50 bits per heavy atom. The lowest BCUT2D eigenvalue weighted by Gasteiger charge is -2.37. The Kier molecular flexibility index (Phi) is 5.12. The largest absolute Gasteiger partial charge is 0.460 e. The molecule has 1 aliphatic rings. The zero-order chi connectivity index (χ0) is 18.7. The van der Waals surface area contributed by atoms with Gasteiger partial charge in [-0.2, -0.15) is 0 Å². The van der Waals surface area contributed by atoms with Crippen LogP contribution in [0.15, 0.2) is 60.7 Å². The summed E-state index contributed by atoms with van der Waals surface area (Å²) in [6.07, 6.45) is -0.491. The minimum atomic E-state index is -0.609. The quantitative estimate of drug-likeness (QED) is 0.768. The van der Waals surface area contributed by atoms with Crippen molar-refractivity contribution in [2.24, 2.45) is 5.92 Å². The molecule has 0 amide bonds. The Balaban J connectivity index is 2.03. The lowest BCUT2D eigenvalue weighted by molar-refractivity contribution is -0.176. The average Bonchev–Trinajstić information content (AvgIpc) is 2.61. The fourth-order valence-corrected chi connectivity index (χ4v) is 3.39. The van der Waals surface area contributed by atoms with Crippen LogP contribution in [0, 0.1) is 5.92 Å². The summed E-state index contributed by atoms with van der Waals surface area (Å²) in [5, 5.41) is 0. The van der Waals surface area contributed by atoms with Gasteiger partial charge in [0.15, 0.2) is 0 Å². The summed E-state index contributed by atoms with van der Waals surface area (Å²) >= 11 is 0. The number of rotatable bonds is 3. The predicted molar refractivity (Wildman–Crippen MR) is 98.4 cm³/mol. The Morgan fingerprint density at radius 1 is 0.962 bits per heavy atom. The molecule has 0 aliphatic carbocycles. The molecule has 136 valence electrons. The molecule has 1 heterocycles. The molecule has 1 unspecified atom stereocenters. The lowest BCUT2D eigenvalue weighted by Crippen LogP contribution is -2.39. The normalized spacial score (nSPS) is 23.2. The Hall–Kier alpha value is -2.62. The van der Waals surface area contributed by atoms with Crippen LogP contribution in [0.4, 0.5) is 0 Å². The minimum absolute atomic E-state index is 0.0256. The van der Waals surface area contributed by atoms with E-state index in [2.05, 4.69) is 0 Å². The van der Waals surface area contributed by atoms with Crippen molar-refractivity contribution in [1.82, 2.24) is 0 Å². The topological polar surface area (TPSA) is 52.6 Å². The molecular formula is C22H24O4. The van der Waals surface area contributed by atoms with Gasteiger partial charge < -0.3 is 9.47 Å². The number of hydrogen-bond acceptors (Lipinski definition) is 4. The van der Waals surface area contributed by atoms with Crippen LogP contribution in [-0.2, 0) is 19.1 Å². The second kappa shape index (κ2) is 7.32. The number of carbonyl (C=O) groups excluding carboxylic acids is 2. The van der Waals surface area contributed by atoms with Gasteiger partial charge in [0.25, 0.3) is 0 Å². The molecular weight excluding hydrogens is 328 g/mol. The van der Waals surface area contributed by atoms with Crippen molar-refractivity contribution in [3.8, 4) is 0 Å². The van der Waals surface area contributed by atoms with Crippen LogP contribution in [0.5, 0.6) is 0 Å². The first-order valence-electron chi connectivity index (χ1n) is 8.87. The third-order valence-corrected chi connectivity index (χ3v) is 4.43. The Morgan fingerprint density at radius 3 is 2.04 bits per heavy atom. The molecule has 0 bridgehead atoms. The zero-order valence-electron chi connectivity index (χ0n) is 15.3. The Bertz CT molecular complexity index is 762.